The Morgan fingerprint density at radius 1 is 1.20 bits per heavy atom. The van der Waals surface area contributed by atoms with Crippen molar-refractivity contribution in [3.05, 3.63) is 65.2 Å². The zero-order valence-electron chi connectivity index (χ0n) is 14.1. The Balaban J connectivity index is 1.86. The summed E-state index contributed by atoms with van der Waals surface area (Å²) in [7, 11) is -2.96. The van der Waals surface area contributed by atoms with Crippen molar-refractivity contribution in [2.45, 2.75) is 32.9 Å². The normalized spacial score (nSPS) is 12.2. The molecule has 0 fully saturated rings. The molecule has 6 nitrogen and oxygen atoms in total. The highest BCUT2D eigenvalue weighted by molar-refractivity contribution is 7.31. The van der Waals surface area contributed by atoms with Crippen molar-refractivity contribution < 1.29 is 23.5 Å². The summed E-state index contributed by atoms with van der Waals surface area (Å²) in [6.07, 6.45) is 0.0229. The van der Waals surface area contributed by atoms with E-state index in [-0.39, 0.29) is 12.6 Å². The van der Waals surface area contributed by atoms with Gasteiger partial charge in [0.25, 0.3) is 0 Å². The van der Waals surface area contributed by atoms with Crippen LogP contribution in [-0.4, -0.2) is 12.1 Å². The van der Waals surface area contributed by atoms with Crippen LogP contribution in [0.2, 0.25) is 0 Å². The molecule has 0 aromatic heterocycles. The maximum Gasteiger partial charge on any atom is 0.539 e. The minimum absolute atomic E-state index is 0.181. The van der Waals surface area contributed by atoms with Crippen LogP contribution >= 0.6 is 8.25 Å². The maximum absolute atomic E-state index is 11.8. The molecule has 2 aromatic rings. The number of rotatable bonds is 7. The number of carbonyl (C=O) groups is 1. The lowest BCUT2D eigenvalue weighted by Gasteiger charge is -2.14. The lowest BCUT2D eigenvalue weighted by molar-refractivity contribution is -0.178. The summed E-state index contributed by atoms with van der Waals surface area (Å²) in [6.45, 7) is 3.82. The smallest absolute Gasteiger partial charge is 0.539 e. The molecule has 0 aliphatic carbocycles. The van der Waals surface area contributed by atoms with Crippen molar-refractivity contribution in [2.24, 2.45) is 0 Å². The molecule has 132 valence electrons. The number of hydrogen-bond acceptors (Lipinski definition) is 5. The van der Waals surface area contributed by atoms with Crippen LogP contribution in [0.15, 0.2) is 48.5 Å². The van der Waals surface area contributed by atoms with Crippen molar-refractivity contribution in [3.8, 4) is 5.75 Å². The molecule has 2 rings (SSSR count). The summed E-state index contributed by atoms with van der Waals surface area (Å²) < 4.78 is 20.7. The molecule has 1 amide bonds. The van der Waals surface area contributed by atoms with E-state index in [1.807, 2.05) is 43.3 Å². The summed E-state index contributed by atoms with van der Waals surface area (Å²) in [5.41, 5.74) is 2.50. The van der Waals surface area contributed by atoms with Gasteiger partial charge in [0.15, 0.2) is 5.75 Å². The highest BCUT2D eigenvalue weighted by atomic mass is 31.1. The van der Waals surface area contributed by atoms with Gasteiger partial charge in [-0.15, -0.1) is 0 Å². The number of nitrogens with one attached hydrogen (secondary N) is 1. The van der Waals surface area contributed by atoms with Gasteiger partial charge in [-0.1, -0.05) is 42.5 Å². The fraction of sp³-hybridized carbons (Fsp3) is 0.278. The van der Waals surface area contributed by atoms with Crippen molar-refractivity contribution in [3.63, 3.8) is 0 Å². The molecule has 0 radical (unpaired) electrons. The van der Waals surface area contributed by atoms with Crippen molar-refractivity contribution in [1.82, 2.24) is 5.32 Å². The molecule has 0 saturated carbocycles. The van der Waals surface area contributed by atoms with Gasteiger partial charge in [0.2, 0.25) is 0 Å². The first kappa shape index (κ1) is 18.9. The number of alkyl carbamates (subject to hydrolysis) is 1. The Morgan fingerprint density at radius 2 is 1.92 bits per heavy atom. The van der Waals surface area contributed by atoms with Gasteiger partial charge in [-0.3, -0.25) is 4.52 Å². The van der Waals surface area contributed by atoms with Gasteiger partial charge in [0, 0.05) is 6.04 Å². The summed E-state index contributed by atoms with van der Waals surface area (Å²) >= 11 is 0. The van der Waals surface area contributed by atoms with E-state index in [0.29, 0.717) is 12.2 Å². The minimum Gasteiger partial charge on any atom is -0.558 e. The molecule has 0 heterocycles. The van der Waals surface area contributed by atoms with Gasteiger partial charge >= 0.3 is 14.3 Å². The zero-order chi connectivity index (χ0) is 18.2. The van der Waals surface area contributed by atoms with Crippen LogP contribution in [0.3, 0.4) is 0 Å². The number of benzene rings is 2. The Bertz CT molecular complexity index is 736. The lowest BCUT2D eigenvalue weighted by Crippen LogP contribution is -2.34. The lowest BCUT2D eigenvalue weighted by atomic mass is 10.0. The fourth-order valence-corrected chi connectivity index (χ4v) is 2.68. The van der Waals surface area contributed by atoms with E-state index < -0.39 is 14.3 Å². The summed E-state index contributed by atoms with van der Waals surface area (Å²) in [5, 5.41) is 2.75. The molecule has 2 aromatic carbocycles. The molecule has 1 N–H and O–H groups in total. The third-order valence-corrected chi connectivity index (χ3v) is 3.89. The van der Waals surface area contributed by atoms with E-state index in [0.717, 1.165) is 16.7 Å². The second kappa shape index (κ2) is 9.16. The summed E-state index contributed by atoms with van der Waals surface area (Å²) in [4.78, 5) is 22.6. The molecule has 2 unspecified atom stereocenters. The average molecular weight is 361 g/mol. The zero-order valence-corrected chi connectivity index (χ0v) is 15.0. The van der Waals surface area contributed by atoms with E-state index in [1.165, 1.54) is 0 Å². The summed E-state index contributed by atoms with van der Waals surface area (Å²) in [6, 6.07) is 14.5. The highest BCUT2D eigenvalue weighted by Gasteiger charge is 2.13. The van der Waals surface area contributed by atoms with Crippen LogP contribution in [-0.2, 0) is 22.3 Å². The molecular weight excluding hydrogens is 341 g/mol. The number of ether oxygens (including phenoxy) is 1. The Morgan fingerprint density at radius 3 is 2.60 bits per heavy atom. The van der Waals surface area contributed by atoms with Crippen molar-refractivity contribution >= 4 is 14.3 Å². The molecule has 0 aliphatic heterocycles. The van der Waals surface area contributed by atoms with Gasteiger partial charge in [0.1, 0.15) is 6.61 Å². The van der Waals surface area contributed by atoms with Gasteiger partial charge < -0.3 is 14.9 Å². The molecular formula is C18H20NO5P. The van der Waals surface area contributed by atoms with Crippen molar-refractivity contribution in [1.29, 1.82) is 0 Å². The first-order chi connectivity index (χ1) is 11.9. The molecule has 25 heavy (non-hydrogen) atoms. The Hall–Kier alpha value is -2.43. The largest absolute Gasteiger partial charge is 0.558 e. The van der Waals surface area contributed by atoms with Crippen LogP contribution in [0.5, 0.6) is 5.75 Å². The van der Waals surface area contributed by atoms with E-state index in [9.17, 15) is 14.3 Å². The third kappa shape index (κ3) is 6.53. The molecule has 0 spiro atoms. The maximum atomic E-state index is 11.8. The standard InChI is InChI=1S/C18H20NO5P/c1-13-8-9-16(11-17(13)24-25(21)22)10-14(2)19-18(20)23-12-15-6-4-3-5-7-15/h3-9,11,14H,10,12H2,1-2H3,(H,19,20). The molecule has 0 saturated heterocycles. The Labute approximate surface area is 147 Å². The topological polar surface area (TPSA) is 87.7 Å². The van der Waals surface area contributed by atoms with Crippen LogP contribution in [0.4, 0.5) is 4.79 Å². The van der Waals surface area contributed by atoms with E-state index in [1.54, 1.807) is 19.1 Å². The van der Waals surface area contributed by atoms with Crippen LogP contribution in [0.1, 0.15) is 23.6 Å². The predicted molar refractivity (Wildman–Crippen MR) is 92.3 cm³/mol. The highest BCUT2D eigenvalue weighted by Crippen LogP contribution is 2.26. The number of hydrogen-bond donors (Lipinski definition) is 1. The fourth-order valence-electron chi connectivity index (χ4n) is 2.32. The van der Waals surface area contributed by atoms with Crippen LogP contribution in [0, 0.1) is 6.92 Å². The SMILES string of the molecule is Cc1ccc(CC(C)NC(=O)OCc2ccccc2)cc1O[P+](=O)[O-]. The molecule has 7 heteroatoms. The van der Waals surface area contributed by atoms with Gasteiger partial charge in [-0.25, -0.2) is 4.79 Å². The number of aryl methyl sites for hydroxylation is 1. The van der Waals surface area contributed by atoms with Crippen LogP contribution in [0.25, 0.3) is 0 Å². The van der Waals surface area contributed by atoms with Crippen molar-refractivity contribution in [2.75, 3.05) is 0 Å². The second-order valence-corrected chi connectivity index (χ2v) is 6.36. The van der Waals surface area contributed by atoms with Crippen LogP contribution < -0.4 is 14.7 Å². The molecule has 2 atom stereocenters. The van der Waals surface area contributed by atoms with Gasteiger partial charge in [-0.2, -0.15) is 0 Å². The summed E-state index contributed by atoms with van der Waals surface area (Å²) in [5.74, 6) is 0.299. The molecule has 0 aliphatic rings. The second-order valence-electron chi connectivity index (χ2n) is 5.73. The van der Waals surface area contributed by atoms with Gasteiger partial charge in [0.05, 0.1) is 0 Å². The molecule has 0 bridgehead atoms. The van der Waals surface area contributed by atoms with Gasteiger partial charge in [-0.05, 0) is 47.6 Å². The predicted octanol–water partition coefficient (Wildman–Crippen LogP) is 3.25. The first-order valence-corrected chi connectivity index (χ1v) is 8.92. The Kier molecular flexibility index (Phi) is 6.92. The van der Waals surface area contributed by atoms with E-state index in [2.05, 4.69) is 5.32 Å². The van der Waals surface area contributed by atoms with E-state index >= 15 is 0 Å². The van der Waals surface area contributed by atoms with E-state index in [4.69, 9.17) is 9.26 Å². The average Bonchev–Trinajstić information content (AvgIpc) is 2.56. The quantitative estimate of drug-likeness (QED) is 0.765. The first-order valence-electron chi connectivity index (χ1n) is 7.83. The number of amides is 1. The third-order valence-electron chi connectivity index (χ3n) is 3.54. The monoisotopic (exact) mass is 361 g/mol. The minimum atomic E-state index is -2.96. The number of carbonyl (C=O) groups excluding carboxylic acids is 1.